The Morgan fingerprint density at radius 2 is 2.17 bits per heavy atom. The highest BCUT2D eigenvalue weighted by molar-refractivity contribution is 5.96. The summed E-state index contributed by atoms with van der Waals surface area (Å²) in [6.45, 7) is 6.49. The minimum Gasteiger partial charge on any atom is -0.382 e. The molecule has 1 heterocycles. The van der Waals surface area contributed by atoms with Crippen LogP contribution in [0.3, 0.4) is 0 Å². The third-order valence-electron chi connectivity index (χ3n) is 2.95. The van der Waals surface area contributed by atoms with Crippen molar-refractivity contribution < 1.29 is 4.74 Å². The van der Waals surface area contributed by atoms with E-state index in [-0.39, 0.29) is 0 Å². The van der Waals surface area contributed by atoms with E-state index in [9.17, 15) is 0 Å². The smallest absolute Gasteiger partial charge is 0.196 e. The van der Waals surface area contributed by atoms with Crippen LogP contribution in [0.25, 0.3) is 0 Å². The third-order valence-corrected chi connectivity index (χ3v) is 2.95. The van der Waals surface area contributed by atoms with Gasteiger partial charge in [0.15, 0.2) is 5.96 Å². The Hall–Kier alpha value is -1.55. The Morgan fingerprint density at radius 1 is 1.33 bits per heavy atom. The summed E-state index contributed by atoms with van der Waals surface area (Å²) in [4.78, 5) is 4.52. The molecule has 18 heavy (non-hydrogen) atoms. The number of guanidine groups is 1. The van der Waals surface area contributed by atoms with Crippen molar-refractivity contribution in [2.24, 2.45) is 4.99 Å². The molecule has 4 heteroatoms. The predicted octanol–water partition coefficient (Wildman–Crippen LogP) is 2.55. The standard InChI is InChI=1S/C14H21N3O/c1-3-18-10-6-9-15-14-16-11(2)12-7-4-5-8-13(12)17-14/h4-5,7-8,11H,3,6,9-10H2,1-2H3,(H2,15,16,17). The van der Waals surface area contributed by atoms with E-state index < -0.39 is 0 Å². The lowest BCUT2D eigenvalue weighted by molar-refractivity contribution is 0.146. The Kier molecular flexibility index (Phi) is 4.59. The molecule has 0 amide bonds. The van der Waals surface area contributed by atoms with Crippen molar-refractivity contribution in [1.82, 2.24) is 5.32 Å². The van der Waals surface area contributed by atoms with Gasteiger partial charge in [-0.1, -0.05) is 18.2 Å². The largest absolute Gasteiger partial charge is 0.382 e. The van der Waals surface area contributed by atoms with Crippen LogP contribution in [0.15, 0.2) is 29.3 Å². The first-order valence-corrected chi connectivity index (χ1v) is 6.56. The highest BCUT2D eigenvalue weighted by atomic mass is 16.5. The second-order valence-corrected chi connectivity index (χ2v) is 4.36. The van der Waals surface area contributed by atoms with E-state index in [0.717, 1.165) is 37.8 Å². The van der Waals surface area contributed by atoms with Crippen molar-refractivity contribution in [2.45, 2.75) is 26.3 Å². The molecule has 1 unspecified atom stereocenters. The fourth-order valence-corrected chi connectivity index (χ4v) is 2.02. The van der Waals surface area contributed by atoms with E-state index in [1.807, 2.05) is 13.0 Å². The SMILES string of the molecule is CCOCCCN=C1Nc2ccccc2C(C)N1. The van der Waals surface area contributed by atoms with Gasteiger partial charge in [-0.2, -0.15) is 0 Å². The van der Waals surface area contributed by atoms with Crippen LogP contribution in [0.5, 0.6) is 0 Å². The maximum atomic E-state index is 5.29. The van der Waals surface area contributed by atoms with E-state index in [4.69, 9.17) is 4.74 Å². The normalized spacial score (nSPS) is 20.1. The molecule has 1 aromatic carbocycles. The molecule has 0 aromatic heterocycles. The van der Waals surface area contributed by atoms with Crippen LogP contribution < -0.4 is 10.6 Å². The zero-order chi connectivity index (χ0) is 12.8. The number of anilines is 1. The van der Waals surface area contributed by atoms with Gasteiger partial charge in [-0.15, -0.1) is 0 Å². The molecule has 2 N–H and O–H groups in total. The Bertz CT molecular complexity index is 417. The van der Waals surface area contributed by atoms with Gasteiger partial charge in [-0.25, -0.2) is 0 Å². The topological polar surface area (TPSA) is 45.6 Å². The van der Waals surface area contributed by atoms with Crippen LogP contribution in [-0.2, 0) is 4.74 Å². The highest BCUT2D eigenvalue weighted by Crippen LogP contribution is 2.25. The average molecular weight is 247 g/mol. The summed E-state index contributed by atoms with van der Waals surface area (Å²) in [7, 11) is 0. The number of hydrogen-bond donors (Lipinski definition) is 2. The quantitative estimate of drug-likeness (QED) is 0.786. The van der Waals surface area contributed by atoms with Crippen molar-refractivity contribution >= 4 is 11.6 Å². The number of ether oxygens (including phenoxy) is 1. The van der Waals surface area contributed by atoms with Crippen molar-refractivity contribution in [3.05, 3.63) is 29.8 Å². The average Bonchev–Trinajstić information content (AvgIpc) is 2.39. The minimum absolute atomic E-state index is 0.299. The lowest BCUT2D eigenvalue weighted by Gasteiger charge is -2.27. The molecular weight excluding hydrogens is 226 g/mol. The number of benzene rings is 1. The molecule has 0 bridgehead atoms. The first-order valence-electron chi connectivity index (χ1n) is 6.56. The lowest BCUT2D eigenvalue weighted by Crippen LogP contribution is -2.38. The monoisotopic (exact) mass is 247 g/mol. The Labute approximate surface area is 108 Å². The van der Waals surface area contributed by atoms with Gasteiger partial charge in [0.1, 0.15) is 0 Å². The first kappa shape index (κ1) is 12.9. The Morgan fingerprint density at radius 3 is 3.00 bits per heavy atom. The van der Waals surface area contributed by atoms with E-state index in [1.165, 1.54) is 5.56 Å². The number of rotatable bonds is 5. The molecule has 0 fully saturated rings. The second-order valence-electron chi connectivity index (χ2n) is 4.36. The molecular formula is C14H21N3O. The van der Waals surface area contributed by atoms with Gasteiger partial charge in [0.25, 0.3) is 0 Å². The van der Waals surface area contributed by atoms with Crippen LogP contribution in [0, 0.1) is 0 Å². The van der Waals surface area contributed by atoms with E-state index in [2.05, 4.69) is 40.7 Å². The minimum atomic E-state index is 0.299. The van der Waals surface area contributed by atoms with Gasteiger partial charge in [0.2, 0.25) is 0 Å². The zero-order valence-corrected chi connectivity index (χ0v) is 11.1. The van der Waals surface area contributed by atoms with Crippen LogP contribution in [-0.4, -0.2) is 25.7 Å². The molecule has 2 rings (SSSR count). The van der Waals surface area contributed by atoms with Gasteiger partial charge in [-0.05, 0) is 31.9 Å². The van der Waals surface area contributed by atoms with Crippen molar-refractivity contribution in [2.75, 3.05) is 25.1 Å². The summed E-state index contributed by atoms with van der Waals surface area (Å²) in [5.74, 6) is 0.859. The van der Waals surface area contributed by atoms with Crippen molar-refractivity contribution in [1.29, 1.82) is 0 Å². The van der Waals surface area contributed by atoms with Crippen LogP contribution in [0.1, 0.15) is 31.9 Å². The number of nitrogens with zero attached hydrogens (tertiary/aromatic N) is 1. The van der Waals surface area contributed by atoms with Crippen LogP contribution in [0.4, 0.5) is 5.69 Å². The van der Waals surface area contributed by atoms with E-state index >= 15 is 0 Å². The maximum Gasteiger partial charge on any atom is 0.196 e. The zero-order valence-electron chi connectivity index (χ0n) is 11.1. The molecule has 0 saturated carbocycles. The summed E-state index contributed by atoms with van der Waals surface area (Å²) in [6.07, 6.45) is 0.955. The molecule has 0 radical (unpaired) electrons. The molecule has 0 aliphatic carbocycles. The van der Waals surface area contributed by atoms with Crippen molar-refractivity contribution in [3.63, 3.8) is 0 Å². The molecule has 0 spiro atoms. The maximum absolute atomic E-state index is 5.29. The molecule has 98 valence electrons. The number of para-hydroxylation sites is 1. The van der Waals surface area contributed by atoms with Gasteiger partial charge in [0.05, 0.1) is 6.04 Å². The number of nitrogens with one attached hydrogen (secondary N) is 2. The summed E-state index contributed by atoms with van der Waals surface area (Å²) < 4.78 is 5.29. The van der Waals surface area contributed by atoms with Crippen LogP contribution >= 0.6 is 0 Å². The molecule has 1 aliphatic heterocycles. The summed E-state index contributed by atoms with van der Waals surface area (Å²) in [5, 5.41) is 6.68. The molecule has 1 atom stereocenters. The number of fused-ring (bicyclic) bond motifs is 1. The van der Waals surface area contributed by atoms with Gasteiger partial charge in [0, 0.05) is 25.4 Å². The fraction of sp³-hybridized carbons (Fsp3) is 0.500. The summed E-state index contributed by atoms with van der Waals surface area (Å²) >= 11 is 0. The number of aliphatic imine (C=N–C) groups is 1. The van der Waals surface area contributed by atoms with Crippen molar-refractivity contribution in [3.8, 4) is 0 Å². The third kappa shape index (κ3) is 3.23. The predicted molar refractivity (Wildman–Crippen MR) is 75.0 cm³/mol. The molecule has 0 saturated heterocycles. The second kappa shape index (κ2) is 6.40. The first-order chi connectivity index (χ1) is 8.81. The fourth-order valence-electron chi connectivity index (χ4n) is 2.02. The summed E-state index contributed by atoms with van der Waals surface area (Å²) in [6, 6.07) is 8.61. The van der Waals surface area contributed by atoms with Gasteiger partial charge in [-0.3, -0.25) is 4.99 Å². The van der Waals surface area contributed by atoms with Gasteiger partial charge >= 0.3 is 0 Å². The lowest BCUT2D eigenvalue weighted by atomic mass is 10.0. The van der Waals surface area contributed by atoms with Crippen LogP contribution in [0.2, 0.25) is 0 Å². The van der Waals surface area contributed by atoms with Gasteiger partial charge < -0.3 is 15.4 Å². The molecule has 4 nitrogen and oxygen atoms in total. The highest BCUT2D eigenvalue weighted by Gasteiger charge is 2.17. The molecule has 1 aromatic rings. The Balaban J connectivity index is 1.92. The number of hydrogen-bond acceptors (Lipinski definition) is 2. The van der Waals surface area contributed by atoms with E-state index in [0.29, 0.717) is 6.04 Å². The van der Waals surface area contributed by atoms with E-state index in [1.54, 1.807) is 0 Å². The summed E-state index contributed by atoms with van der Waals surface area (Å²) in [5.41, 5.74) is 2.43. The molecule has 1 aliphatic rings.